The Morgan fingerprint density at radius 1 is 1.14 bits per heavy atom. The molecule has 6 heteroatoms. The van der Waals surface area contributed by atoms with Gasteiger partial charge < -0.3 is 14.8 Å². The van der Waals surface area contributed by atoms with E-state index in [-0.39, 0.29) is 12.7 Å². The number of carbonyl (C=O) groups is 1. The molecule has 0 radical (unpaired) electrons. The Balaban J connectivity index is 1.70. The molecular weight excluding hydrogens is 325 g/mol. The van der Waals surface area contributed by atoms with E-state index in [1.807, 2.05) is 0 Å². The molecule has 1 aliphatic rings. The van der Waals surface area contributed by atoms with Crippen LogP contribution in [0.15, 0.2) is 42.5 Å². The Kier molecular flexibility index (Phi) is 4.22. The van der Waals surface area contributed by atoms with Crippen LogP contribution in [0.5, 0.6) is 11.5 Å². The third kappa shape index (κ3) is 3.35. The smallest absolute Gasteiger partial charge is 0.248 e. The average Bonchev–Trinajstić information content (AvgIpc) is 2.97. The van der Waals surface area contributed by atoms with Crippen molar-refractivity contribution in [1.29, 1.82) is 0 Å². The van der Waals surface area contributed by atoms with E-state index in [9.17, 15) is 4.79 Å². The van der Waals surface area contributed by atoms with Crippen LogP contribution in [0.2, 0.25) is 10.0 Å². The van der Waals surface area contributed by atoms with Crippen LogP contribution in [-0.4, -0.2) is 12.7 Å². The van der Waals surface area contributed by atoms with Gasteiger partial charge >= 0.3 is 0 Å². The zero-order chi connectivity index (χ0) is 15.5. The molecule has 0 saturated carbocycles. The molecule has 0 spiro atoms. The summed E-state index contributed by atoms with van der Waals surface area (Å²) in [5.41, 5.74) is 1.42. The number of hydrogen-bond donors (Lipinski definition) is 1. The summed E-state index contributed by atoms with van der Waals surface area (Å²) in [6.07, 6.45) is 3.07. The first kappa shape index (κ1) is 14.8. The highest BCUT2D eigenvalue weighted by Crippen LogP contribution is 2.40. The maximum atomic E-state index is 11.9. The zero-order valence-corrected chi connectivity index (χ0v) is 12.8. The van der Waals surface area contributed by atoms with Crippen LogP contribution in [-0.2, 0) is 4.79 Å². The van der Waals surface area contributed by atoms with E-state index >= 15 is 0 Å². The predicted octanol–water partition coefficient (Wildman–Crippen LogP) is 4.37. The second kappa shape index (κ2) is 6.30. The Morgan fingerprint density at radius 3 is 2.68 bits per heavy atom. The summed E-state index contributed by atoms with van der Waals surface area (Å²) in [6, 6.07) is 10.3. The van der Waals surface area contributed by atoms with Crippen LogP contribution < -0.4 is 14.8 Å². The van der Waals surface area contributed by atoms with Gasteiger partial charge in [0.25, 0.3) is 0 Å². The normalized spacial score (nSPS) is 12.6. The largest absolute Gasteiger partial charge is 0.454 e. The van der Waals surface area contributed by atoms with Gasteiger partial charge in [0, 0.05) is 16.8 Å². The van der Waals surface area contributed by atoms with Gasteiger partial charge in [-0.15, -0.1) is 0 Å². The number of amides is 1. The molecule has 1 amide bonds. The van der Waals surface area contributed by atoms with Crippen molar-refractivity contribution < 1.29 is 14.3 Å². The maximum Gasteiger partial charge on any atom is 0.248 e. The lowest BCUT2D eigenvalue weighted by Gasteiger charge is -2.03. The Labute approximate surface area is 137 Å². The molecule has 4 nitrogen and oxygen atoms in total. The molecule has 2 aromatic rings. The van der Waals surface area contributed by atoms with E-state index < -0.39 is 0 Å². The fourth-order valence-electron chi connectivity index (χ4n) is 1.97. The van der Waals surface area contributed by atoms with Gasteiger partial charge in [0.1, 0.15) is 0 Å². The van der Waals surface area contributed by atoms with Gasteiger partial charge in [0.15, 0.2) is 11.5 Å². The molecule has 1 heterocycles. The number of halogens is 2. The van der Waals surface area contributed by atoms with Gasteiger partial charge in [0.2, 0.25) is 12.7 Å². The number of fused-ring (bicyclic) bond motifs is 1. The summed E-state index contributed by atoms with van der Waals surface area (Å²) in [5.74, 6) is 0.853. The Bertz CT molecular complexity index is 742. The maximum absolute atomic E-state index is 11.9. The van der Waals surface area contributed by atoms with Gasteiger partial charge in [-0.2, -0.15) is 0 Å². The molecule has 0 saturated heterocycles. The van der Waals surface area contributed by atoms with Crippen LogP contribution in [0.1, 0.15) is 5.56 Å². The van der Waals surface area contributed by atoms with E-state index in [1.165, 1.54) is 6.08 Å². The average molecular weight is 336 g/mol. The van der Waals surface area contributed by atoms with Gasteiger partial charge in [-0.05, 0) is 48.0 Å². The van der Waals surface area contributed by atoms with Crippen molar-refractivity contribution in [1.82, 2.24) is 0 Å². The highest BCUT2D eigenvalue weighted by atomic mass is 35.5. The molecule has 1 aliphatic heterocycles. The van der Waals surface area contributed by atoms with Gasteiger partial charge in [-0.25, -0.2) is 0 Å². The molecule has 112 valence electrons. The monoisotopic (exact) mass is 335 g/mol. The number of benzene rings is 2. The van der Waals surface area contributed by atoms with Crippen molar-refractivity contribution in [2.75, 3.05) is 12.1 Å². The zero-order valence-electron chi connectivity index (χ0n) is 11.3. The second-order valence-corrected chi connectivity index (χ2v) is 5.41. The van der Waals surface area contributed by atoms with Gasteiger partial charge in [0.05, 0.1) is 5.02 Å². The summed E-state index contributed by atoms with van der Waals surface area (Å²) in [5, 5.41) is 3.80. The summed E-state index contributed by atoms with van der Waals surface area (Å²) in [7, 11) is 0. The van der Waals surface area contributed by atoms with Crippen molar-refractivity contribution >= 4 is 40.9 Å². The minimum Gasteiger partial charge on any atom is -0.454 e. The first-order chi connectivity index (χ1) is 10.6. The Morgan fingerprint density at radius 2 is 1.91 bits per heavy atom. The molecule has 2 aromatic carbocycles. The summed E-state index contributed by atoms with van der Waals surface area (Å²) < 4.78 is 10.5. The van der Waals surface area contributed by atoms with E-state index in [2.05, 4.69) is 5.32 Å². The fraction of sp³-hybridized carbons (Fsp3) is 0.0625. The van der Waals surface area contributed by atoms with Crippen molar-refractivity contribution in [3.05, 3.63) is 58.1 Å². The van der Waals surface area contributed by atoms with E-state index in [0.29, 0.717) is 27.2 Å². The molecule has 0 bridgehead atoms. The number of rotatable bonds is 3. The van der Waals surface area contributed by atoms with Gasteiger partial charge in [-0.3, -0.25) is 4.79 Å². The second-order valence-electron chi connectivity index (χ2n) is 4.57. The standard InChI is InChI=1S/C16H11Cl2NO3/c17-11-2-4-12(5-3-11)19-15(20)6-1-10-7-13(18)16-14(8-10)21-9-22-16/h1-8H,9H2,(H,19,20)/b6-1+. The van der Waals surface area contributed by atoms with Crippen LogP contribution in [0.4, 0.5) is 5.69 Å². The minimum absolute atomic E-state index is 0.152. The summed E-state index contributed by atoms with van der Waals surface area (Å²) in [4.78, 5) is 11.9. The first-order valence-corrected chi connectivity index (χ1v) is 7.21. The van der Waals surface area contributed by atoms with Crippen molar-refractivity contribution in [3.8, 4) is 11.5 Å². The molecular formula is C16H11Cl2NO3. The number of nitrogens with one attached hydrogen (secondary N) is 1. The molecule has 0 aromatic heterocycles. The minimum atomic E-state index is -0.254. The third-order valence-electron chi connectivity index (χ3n) is 2.99. The Hall–Kier alpha value is -2.17. The summed E-state index contributed by atoms with van der Waals surface area (Å²) >= 11 is 11.9. The highest BCUT2D eigenvalue weighted by molar-refractivity contribution is 6.32. The van der Waals surface area contributed by atoms with Crippen molar-refractivity contribution in [2.45, 2.75) is 0 Å². The number of ether oxygens (including phenoxy) is 2. The SMILES string of the molecule is O=C(/C=C/c1cc(Cl)c2c(c1)OCO2)Nc1ccc(Cl)cc1. The van der Waals surface area contributed by atoms with Crippen LogP contribution in [0, 0.1) is 0 Å². The fourth-order valence-corrected chi connectivity index (χ4v) is 2.37. The molecule has 0 fully saturated rings. The predicted molar refractivity (Wildman–Crippen MR) is 86.7 cm³/mol. The number of hydrogen-bond acceptors (Lipinski definition) is 3. The molecule has 22 heavy (non-hydrogen) atoms. The quantitative estimate of drug-likeness (QED) is 0.847. The lowest BCUT2D eigenvalue weighted by Crippen LogP contribution is -2.07. The lowest BCUT2D eigenvalue weighted by atomic mass is 10.2. The van der Waals surface area contributed by atoms with Crippen molar-refractivity contribution in [3.63, 3.8) is 0 Å². The molecule has 0 atom stereocenters. The van der Waals surface area contributed by atoms with E-state index in [4.69, 9.17) is 32.7 Å². The molecule has 3 rings (SSSR count). The topological polar surface area (TPSA) is 47.6 Å². The van der Waals surface area contributed by atoms with Crippen LogP contribution in [0.3, 0.4) is 0 Å². The number of carbonyl (C=O) groups excluding carboxylic acids is 1. The van der Waals surface area contributed by atoms with Crippen molar-refractivity contribution in [2.24, 2.45) is 0 Å². The molecule has 1 N–H and O–H groups in total. The molecule has 0 unspecified atom stereocenters. The summed E-state index contributed by atoms with van der Waals surface area (Å²) in [6.45, 7) is 0.152. The highest BCUT2D eigenvalue weighted by Gasteiger charge is 2.17. The molecule has 0 aliphatic carbocycles. The first-order valence-electron chi connectivity index (χ1n) is 6.45. The van der Waals surface area contributed by atoms with E-state index in [1.54, 1.807) is 42.5 Å². The van der Waals surface area contributed by atoms with Crippen LogP contribution in [0.25, 0.3) is 6.08 Å². The lowest BCUT2D eigenvalue weighted by molar-refractivity contribution is -0.111. The van der Waals surface area contributed by atoms with E-state index in [0.717, 1.165) is 5.56 Å². The number of anilines is 1. The van der Waals surface area contributed by atoms with Gasteiger partial charge in [-0.1, -0.05) is 23.2 Å². The van der Waals surface area contributed by atoms with Crippen LogP contribution >= 0.6 is 23.2 Å². The third-order valence-corrected chi connectivity index (χ3v) is 3.52.